The van der Waals surface area contributed by atoms with Crippen LogP contribution in [0.15, 0.2) is 30.3 Å². The molecule has 0 aromatic heterocycles. The van der Waals surface area contributed by atoms with Gasteiger partial charge in [-0.15, -0.1) is 0 Å². The first-order chi connectivity index (χ1) is 5.95. The molecule has 1 heterocycles. The fraction of sp³-hybridized carbons (Fsp3) is 0.455. The summed E-state index contributed by atoms with van der Waals surface area (Å²) in [4.78, 5) is 0. The summed E-state index contributed by atoms with van der Waals surface area (Å²) in [5.41, 5.74) is 1.46. The zero-order valence-corrected chi connectivity index (χ0v) is 7.24. The van der Waals surface area contributed by atoms with Crippen LogP contribution in [0.2, 0.25) is 0 Å². The van der Waals surface area contributed by atoms with E-state index in [1.807, 2.05) is 0 Å². The summed E-state index contributed by atoms with van der Waals surface area (Å²) in [7, 11) is 0. The molecule has 0 aliphatic carbocycles. The third-order valence-corrected chi connectivity index (χ3v) is 2.45. The summed E-state index contributed by atoms with van der Waals surface area (Å²) in [6, 6.07) is 10.7. The minimum Gasteiger partial charge on any atom is -0.241 e. The average Bonchev–Trinajstić information content (AvgIpc) is 2.59. The Hall–Kier alpha value is -0.820. The van der Waals surface area contributed by atoms with Gasteiger partial charge in [0.15, 0.2) is 0 Å². The molecule has 1 aliphatic rings. The highest BCUT2D eigenvalue weighted by Crippen LogP contribution is 2.15. The van der Waals surface area contributed by atoms with E-state index in [1.54, 1.807) is 0 Å². The van der Waals surface area contributed by atoms with Gasteiger partial charge in [-0.05, 0) is 24.3 Å². The molecule has 12 heavy (non-hydrogen) atoms. The summed E-state index contributed by atoms with van der Waals surface area (Å²) in [5.74, 6) is 0.812. The lowest BCUT2D eigenvalue weighted by molar-refractivity contribution is 0.579. The van der Waals surface area contributed by atoms with Gasteiger partial charge in [0.05, 0.1) is 0 Å². The monoisotopic (exact) mass is 160 g/mol. The van der Waals surface area contributed by atoms with Gasteiger partial charge < -0.3 is 0 Å². The predicted molar refractivity (Wildman–Crippen MR) is 50.1 cm³/mol. The molecule has 1 nitrogen and oxygen atoms in total. The highest BCUT2D eigenvalue weighted by molar-refractivity contribution is 5.15. The van der Waals surface area contributed by atoms with Crippen LogP contribution in [0.1, 0.15) is 12.0 Å². The van der Waals surface area contributed by atoms with Gasteiger partial charge in [0.2, 0.25) is 0 Å². The Bertz CT molecular complexity index is 224. The summed E-state index contributed by atoms with van der Waals surface area (Å²) in [6.07, 6.45) is 2.50. The van der Waals surface area contributed by atoms with Crippen molar-refractivity contribution < 1.29 is 0 Å². The normalized spacial score (nSPS) is 22.8. The van der Waals surface area contributed by atoms with Crippen LogP contribution in [0.3, 0.4) is 0 Å². The van der Waals surface area contributed by atoms with Crippen LogP contribution in [0.25, 0.3) is 0 Å². The summed E-state index contributed by atoms with van der Waals surface area (Å²) >= 11 is 0. The molecule has 0 spiro atoms. The Labute approximate surface area is 73.8 Å². The molecule has 0 N–H and O–H groups in total. The highest BCUT2D eigenvalue weighted by atomic mass is 14.9. The maximum Gasteiger partial charge on any atom is 0.0165 e. The Balaban J connectivity index is 1.94. The zero-order valence-electron chi connectivity index (χ0n) is 7.24. The average molecular weight is 160 g/mol. The maximum atomic E-state index is 4.36. The van der Waals surface area contributed by atoms with Crippen molar-refractivity contribution >= 4 is 0 Å². The molecule has 1 unspecified atom stereocenters. The van der Waals surface area contributed by atoms with Crippen LogP contribution in [0.4, 0.5) is 0 Å². The number of rotatable bonds is 2. The van der Waals surface area contributed by atoms with Gasteiger partial charge in [-0.2, -0.15) is 0 Å². The lowest BCUT2D eigenvalue weighted by atomic mass is 9.99. The third-order valence-electron chi connectivity index (χ3n) is 2.45. The zero-order chi connectivity index (χ0) is 8.23. The number of hydrogen-bond donors (Lipinski definition) is 0. The van der Waals surface area contributed by atoms with Crippen LogP contribution in [0.5, 0.6) is 0 Å². The van der Waals surface area contributed by atoms with Crippen molar-refractivity contribution in [3.8, 4) is 0 Å². The minimum atomic E-state index is 0.812. The first-order valence-corrected chi connectivity index (χ1v) is 4.62. The van der Waals surface area contributed by atoms with E-state index in [2.05, 4.69) is 35.6 Å². The molecule has 1 aromatic rings. The molecular formula is C11H14N. The Morgan fingerprint density at radius 2 is 2.08 bits per heavy atom. The summed E-state index contributed by atoms with van der Waals surface area (Å²) in [6.45, 7) is 2.16. The Morgan fingerprint density at radius 1 is 1.25 bits per heavy atom. The highest BCUT2D eigenvalue weighted by Gasteiger charge is 2.15. The van der Waals surface area contributed by atoms with Crippen molar-refractivity contribution in [2.45, 2.75) is 12.8 Å². The first-order valence-electron chi connectivity index (χ1n) is 4.62. The molecule has 0 saturated carbocycles. The number of hydrogen-bond acceptors (Lipinski definition) is 0. The molecule has 1 atom stereocenters. The molecule has 1 radical (unpaired) electrons. The topological polar surface area (TPSA) is 14.1 Å². The van der Waals surface area contributed by atoms with Crippen molar-refractivity contribution in [3.63, 3.8) is 0 Å². The fourth-order valence-corrected chi connectivity index (χ4v) is 1.75. The standard InChI is InChI=1S/C11H14N/c1-2-4-10(5-3-1)8-11-6-7-12-9-11/h1-5,11H,6-9H2. The predicted octanol–water partition coefficient (Wildman–Crippen LogP) is 1.85. The second kappa shape index (κ2) is 3.72. The SMILES string of the molecule is c1ccc(CC2CC[N]C2)cc1. The van der Waals surface area contributed by atoms with Gasteiger partial charge in [0.25, 0.3) is 0 Å². The molecule has 1 heteroatoms. The minimum absolute atomic E-state index is 0.812. The van der Waals surface area contributed by atoms with E-state index in [4.69, 9.17) is 0 Å². The summed E-state index contributed by atoms with van der Waals surface area (Å²) in [5, 5.41) is 4.36. The third kappa shape index (κ3) is 1.86. The van der Waals surface area contributed by atoms with Crippen LogP contribution < -0.4 is 5.32 Å². The fourth-order valence-electron chi connectivity index (χ4n) is 1.75. The molecular weight excluding hydrogens is 146 g/mol. The van der Waals surface area contributed by atoms with Crippen molar-refractivity contribution in [2.24, 2.45) is 5.92 Å². The molecule has 0 amide bonds. The second-order valence-corrected chi connectivity index (χ2v) is 3.47. The van der Waals surface area contributed by atoms with Gasteiger partial charge >= 0.3 is 0 Å². The van der Waals surface area contributed by atoms with Crippen LogP contribution >= 0.6 is 0 Å². The van der Waals surface area contributed by atoms with Crippen molar-refractivity contribution in [2.75, 3.05) is 13.1 Å². The molecule has 1 saturated heterocycles. The van der Waals surface area contributed by atoms with Gasteiger partial charge in [-0.1, -0.05) is 30.3 Å². The van der Waals surface area contributed by atoms with Crippen LogP contribution in [-0.4, -0.2) is 13.1 Å². The van der Waals surface area contributed by atoms with Crippen molar-refractivity contribution in [1.29, 1.82) is 0 Å². The largest absolute Gasteiger partial charge is 0.241 e. The van der Waals surface area contributed by atoms with Crippen LogP contribution in [0, 0.1) is 5.92 Å². The van der Waals surface area contributed by atoms with Gasteiger partial charge in [-0.25, -0.2) is 5.32 Å². The van der Waals surface area contributed by atoms with E-state index in [1.165, 1.54) is 18.4 Å². The smallest absolute Gasteiger partial charge is 0.0165 e. The molecule has 1 aliphatic heterocycles. The van der Waals surface area contributed by atoms with Crippen molar-refractivity contribution in [3.05, 3.63) is 35.9 Å². The molecule has 2 rings (SSSR count). The van der Waals surface area contributed by atoms with E-state index < -0.39 is 0 Å². The van der Waals surface area contributed by atoms with E-state index in [-0.39, 0.29) is 0 Å². The number of benzene rings is 1. The molecule has 1 aromatic carbocycles. The van der Waals surface area contributed by atoms with Gasteiger partial charge in [0, 0.05) is 13.1 Å². The van der Waals surface area contributed by atoms with Gasteiger partial charge in [-0.3, -0.25) is 0 Å². The van der Waals surface area contributed by atoms with Gasteiger partial charge in [0.1, 0.15) is 0 Å². The number of nitrogens with zero attached hydrogens (tertiary/aromatic N) is 1. The first kappa shape index (κ1) is 7.81. The van der Waals surface area contributed by atoms with Crippen LogP contribution in [-0.2, 0) is 6.42 Å². The molecule has 63 valence electrons. The van der Waals surface area contributed by atoms with Crippen molar-refractivity contribution in [1.82, 2.24) is 5.32 Å². The molecule has 1 fully saturated rings. The van der Waals surface area contributed by atoms with E-state index in [0.717, 1.165) is 19.0 Å². The van der Waals surface area contributed by atoms with E-state index >= 15 is 0 Å². The Kier molecular flexibility index (Phi) is 2.42. The maximum absolute atomic E-state index is 4.36. The second-order valence-electron chi connectivity index (χ2n) is 3.47. The molecule has 0 bridgehead atoms. The van der Waals surface area contributed by atoms with E-state index in [0.29, 0.717) is 0 Å². The van der Waals surface area contributed by atoms with E-state index in [9.17, 15) is 0 Å². The lowest BCUT2D eigenvalue weighted by Crippen LogP contribution is -2.05. The summed E-state index contributed by atoms with van der Waals surface area (Å²) < 4.78 is 0. The Morgan fingerprint density at radius 3 is 2.75 bits per heavy atom. The quantitative estimate of drug-likeness (QED) is 0.627. The lowest BCUT2D eigenvalue weighted by Gasteiger charge is -2.06.